The van der Waals surface area contributed by atoms with Crippen molar-refractivity contribution in [3.05, 3.63) is 29.8 Å². The summed E-state index contributed by atoms with van der Waals surface area (Å²) in [5, 5.41) is 3.83. The Bertz CT molecular complexity index is 446. The summed E-state index contributed by atoms with van der Waals surface area (Å²) in [6.45, 7) is 7.63. The maximum Gasteiger partial charge on any atom is 0.125 e. The van der Waals surface area contributed by atoms with Crippen LogP contribution in [-0.2, 0) is 4.87 Å². The van der Waals surface area contributed by atoms with Crippen molar-refractivity contribution in [2.24, 2.45) is 5.92 Å². The summed E-state index contributed by atoms with van der Waals surface area (Å²) in [4.78, 5) is 0.0400. The van der Waals surface area contributed by atoms with E-state index in [9.17, 15) is 0 Å². The molecule has 2 heterocycles. The van der Waals surface area contributed by atoms with Crippen LogP contribution in [0.2, 0.25) is 0 Å². The monoisotopic (exact) mass is 249 g/mol. The zero-order valence-electron chi connectivity index (χ0n) is 10.6. The molecule has 3 rings (SSSR count). The van der Waals surface area contributed by atoms with Gasteiger partial charge in [-0.05, 0) is 19.9 Å². The number of para-hydroxylation sites is 1. The van der Waals surface area contributed by atoms with E-state index >= 15 is 0 Å². The fraction of sp³-hybridized carbons (Fsp3) is 0.571. The number of benzene rings is 1. The van der Waals surface area contributed by atoms with Crippen molar-refractivity contribution in [3.8, 4) is 5.75 Å². The summed E-state index contributed by atoms with van der Waals surface area (Å²) in [6.07, 6.45) is 0. The van der Waals surface area contributed by atoms with E-state index in [0.29, 0.717) is 5.92 Å². The maximum absolute atomic E-state index is 5.84. The van der Waals surface area contributed by atoms with E-state index in [2.05, 4.69) is 44.3 Å². The fourth-order valence-electron chi connectivity index (χ4n) is 2.78. The van der Waals surface area contributed by atoms with Gasteiger partial charge in [0, 0.05) is 22.8 Å². The first kappa shape index (κ1) is 11.4. The largest absolute Gasteiger partial charge is 0.493 e. The average Bonchev–Trinajstić information content (AvgIpc) is 2.63. The van der Waals surface area contributed by atoms with E-state index in [-0.39, 0.29) is 10.4 Å². The Labute approximate surface area is 107 Å². The van der Waals surface area contributed by atoms with Crippen molar-refractivity contribution < 1.29 is 4.74 Å². The van der Waals surface area contributed by atoms with Gasteiger partial charge in [0.2, 0.25) is 0 Å². The smallest absolute Gasteiger partial charge is 0.125 e. The van der Waals surface area contributed by atoms with Crippen LogP contribution in [0.4, 0.5) is 0 Å². The van der Waals surface area contributed by atoms with Gasteiger partial charge < -0.3 is 4.74 Å². The minimum Gasteiger partial charge on any atom is -0.493 e. The standard InChI is InChI=1S/C14H19NOS/c1-10-8-16-12-7-5-4-6-11(12)14(10)15-13(2,3)9-17-14/h4-7,10,15H,8-9H2,1-3H3. The minimum absolute atomic E-state index is 0.0400. The van der Waals surface area contributed by atoms with E-state index in [1.807, 2.05) is 17.8 Å². The summed E-state index contributed by atoms with van der Waals surface area (Å²) in [5.74, 6) is 2.68. The Kier molecular flexibility index (Phi) is 2.46. The molecule has 2 atom stereocenters. The Morgan fingerprint density at radius 2 is 2.12 bits per heavy atom. The van der Waals surface area contributed by atoms with Gasteiger partial charge in [0.1, 0.15) is 10.6 Å². The molecule has 3 heteroatoms. The summed E-state index contributed by atoms with van der Waals surface area (Å²) in [7, 11) is 0. The number of hydrogen-bond donors (Lipinski definition) is 1. The second-order valence-electron chi connectivity index (χ2n) is 5.74. The van der Waals surface area contributed by atoms with Gasteiger partial charge in [0.15, 0.2) is 0 Å². The molecule has 1 N–H and O–H groups in total. The Morgan fingerprint density at radius 3 is 2.82 bits per heavy atom. The molecule has 1 aromatic rings. The number of fused-ring (bicyclic) bond motifs is 2. The first-order valence-electron chi connectivity index (χ1n) is 6.19. The third kappa shape index (κ3) is 1.67. The van der Waals surface area contributed by atoms with Gasteiger partial charge >= 0.3 is 0 Å². The van der Waals surface area contributed by atoms with Crippen molar-refractivity contribution >= 4 is 11.8 Å². The van der Waals surface area contributed by atoms with Crippen LogP contribution in [0.3, 0.4) is 0 Å². The van der Waals surface area contributed by atoms with Crippen molar-refractivity contribution in [2.75, 3.05) is 12.4 Å². The van der Waals surface area contributed by atoms with Crippen molar-refractivity contribution in [3.63, 3.8) is 0 Å². The molecular formula is C14H19NOS. The SMILES string of the molecule is CC1COc2ccccc2C12NC(C)(C)CS2. The second-order valence-corrected chi connectivity index (χ2v) is 6.96. The lowest BCUT2D eigenvalue weighted by Gasteiger charge is -2.41. The predicted molar refractivity (Wildman–Crippen MR) is 72.5 cm³/mol. The highest BCUT2D eigenvalue weighted by molar-refractivity contribution is 8.00. The molecule has 0 aromatic heterocycles. The summed E-state index contributed by atoms with van der Waals surface area (Å²) >= 11 is 2.03. The highest BCUT2D eigenvalue weighted by atomic mass is 32.2. The van der Waals surface area contributed by atoms with E-state index in [0.717, 1.165) is 18.1 Å². The molecule has 0 aliphatic carbocycles. The third-order valence-electron chi connectivity index (χ3n) is 3.65. The molecule has 1 saturated heterocycles. The first-order valence-corrected chi connectivity index (χ1v) is 7.18. The zero-order valence-corrected chi connectivity index (χ0v) is 11.4. The van der Waals surface area contributed by atoms with Crippen LogP contribution in [0.1, 0.15) is 26.3 Å². The average molecular weight is 249 g/mol. The Hall–Kier alpha value is -0.670. The van der Waals surface area contributed by atoms with Gasteiger partial charge in [-0.1, -0.05) is 25.1 Å². The molecular weight excluding hydrogens is 230 g/mol. The lowest BCUT2D eigenvalue weighted by atomic mass is 9.89. The molecule has 0 saturated carbocycles. The molecule has 92 valence electrons. The Balaban J connectivity index is 2.10. The number of nitrogens with one attached hydrogen (secondary N) is 1. The molecule has 0 radical (unpaired) electrons. The molecule has 17 heavy (non-hydrogen) atoms. The van der Waals surface area contributed by atoms with Gasteiger partial charge in [0.05, 0.1) is 6.61 Å². The summed E-state index contributed by atoms with van der Waals surface area (Å²) in [6, 6.07) is 8.44. The van der Waals surface area contributed by atoms with E-state index in [4.69, 9.17) is 4.74 Å². The molecule has 2 unspecified atom stereocenters. The second kappa shape index (κ2) is 3.66. The van der Waals surface area contributed by atoms with Crippen molar-refractivity contribution in [1.29, 1.82) is 0 Å². The van der Waals surface area contributed by atoms with Crippen LogP contribution in [0.15, 0.2) is 24.3 Å². The number of ether oxygens (including phenoxy) is 1. The van der Waals surface area contributed by atoms with Crippen molar-refractivity contribution in [1.82, 2.24) is 5.32 Å². The fourth-order valence-corrected chi connectivity index (χ4v) is 4.46. The third-order valence-corrected chi connectivity index (χ3v) is 5.70. The molecule has 1 spiro atoms. The zero-order chi connectivity index (χ0) is 12.1. The highest BCUT2D eigenvalue weighted by Crippen LogP contribution is 2.52. The maximum atomic E-state index is 5.84. The minimum atomic E-state index is 0.0400. The van der Waals surface area contributed by atoms with Gasteiger partial charge in [-0.3, -0.25) is 5.32 Å². The molecule has 1 aromatic carbocycles. The summed E-state index contributed by atoms with van der Waals surface area (Å²) < 4.78 is 5.84. The molecule has 2 nitrogen and oxygen atoms in total. The van der Waals surface area contributed by atoms with Crippen LogP contribution in [0.5, 0.6) is 5.75 Å². The highest BCUT2D eigenvalue weighted by Gasteiger charge is 2.51. The normalized spacial score (nSPS) is 34.4. The molecule has 0 amide bonds. The van der Waals surface area contributed by atoms with Gasteiger partial charge in [0.25, 0.3) is 0 Å². The quantitative estimate of drug-likeness (QED) is 0.764. The van der Waals surface area contributed by atoms with Crippen molar-refractivity contribution in [2.45, 2.75) is 31.2 Å². The predicted octanol–water partition coefficient (Wildman–Crippen LogP) is 2.98. The van der Waals surface area contributed by atoms with E-state index in [1.54, 1.807) is 0 Å². The topological polar surface area (TPSA) is 21.3 Å². The molecule has 0 bridgehead atoms. The number of thioether (sulfide) groups is 1. The van der Waals surface area contributed by atoms with Gasteiger partial charge in [-0.15, -0.1) is 11.8 Å². The molecule has 2 aliphatic rings. The molecule has 2 aliphatic heterocycles. The summed E-state index contributed by atoms with van der Waals surface area (Å²) in [5.41, 5.74) is 1.51. The van der Waals surface area contributed by atoms with Gasteiger partial charge in [-0.2, -0.15) is 0 Å². The van der Waals surface area contributed by atoms with E-state index in [1.165, 1.54) is 5.56 Å². The van der Waals surface area contributed by atoms with Crippen LogP contribution in [-0.4, -0.2) is 17.9 Å². The first-order chi connectivity index (χ1) is 8.04. The van der Waals surface area contributed by atoms with Crippen LogP contribution in [0, 0.1) is 5.92 Å². The Morgan fingerprint density at radius 1 is 1.35 bits per heavy atom. The lowest BCUT2D eigenvalue weighted by molar-refractivity contribution is 0.159. The lowest BCUT2D eigenvalue weighted by Crippen LogP contribution is -2.51. The van der Waals surface area contributed by atoms with Gasteiger partial charge in [-0.25, -0.2) is 0 Å². The van der Waals surface area contributed by atoms with Crippen LogP contribution < -0.4 is 10.1 Å². The van der Waals surface area contributed by atoms with E-state index < -0.39 is 0 Å². The molecule has 1 fully saturated rings. The number of rotatable bonds is 0. The van der Waals surface area contributed by atoms with Crippen LogP contribution >= 0.6 is 11.8 Å². The van der Waals surface area contributed by atoms with Crippen LogP contribution in [0.25, 0.3) is 0 Å². The number of hydrogen-bond acceptors (Lipinski definition) is 3.